The predicted octanol–water partition coefficient (Wildman–Crippen LogP) is 2.00. The van der Waals surface area contributed by atoms with Crippen LogP contribution in [-0.4, -0.2) is 49.8 Å². The van der Waals surface area contributed by atoms with Gasteiger partial charge in [0.05, 0.1) is 18.8 Å². The molecule has 13 heteroatoms. The van der Waals surface area contributed by atoms with E-state index in [0.717, 1.165) is 30.9 Å². The lowest BCUT2D eigenvalue weighted by atomic mass is 10.1. The largest absolute Gasteiger partial charge is 0.383 e. The Hall–Kier alpha value is -3.16. The number of benzene rings is 2. The van der Waals surface area contributed by atoms with E-state index in [1.54, 1.807) is 12.1 Å². The highest BCUT2D eigenvalue weighted by atomic mass is 32.2. The van der Waals surface area contributed by atoms with Crippen molar-refractivity contribution in [3.63, 3.8) is 0 Å². The van der Waals surface area contributed by atoms with E-state index in [1.165, 1.54) is 42.5 Å². The van der Waals surface area contributed by atoms with Crippen LogP contribution in [0.3, 0.4) is 0 Å². The zero-order chi connectivity index (χ0) is 24.9. The van der Waals surface area contributed by atoms with Crippen molar-refractivity contribution in [1.82, 2.24) is 0 Å². The summed E-state index contributed by atoms with van der Waals surface area (Å²) in [6.07, 6.45) is 7.64. The van der Waals surface area contributed by atoms with E-state index in [0.29, 0.717) is 5.56 Å². The molecule has 2 rings (SSSR count). The predicted molar refractivity (Wildman–Crippen MR) is 122 cm³/mol. The topological polar surface area (TPSA) is 147 Å². The number of hydrogen-bond donors (Lipinski definition) is 0. The van der Waals surface area contributed by atoms with Gasteiger partial charge in [-0.1, -0.05) is 24.3 Å². The molecular formula is C20H20O10S3. The van der Waals surface area contributed by atoms with Crippen LogP contribution in [-0.2, 0) is 35.1 Å². The molecule has 0 bridgehead atoms. The molecule has 0 radical (unpaired) electrons. The third-order valence-corrected chi connectivity index (χ3v) is 4.87. The fourth-order valence-electron chi connectivity index (χ4n) is 2.39. The SMILES string of the molecule is CS(=O)(=O)Oc1cccc(/C=C/C(=O)/C=C/c2cc(OS(C)(=O)=O)cc(OS(C)(=O)=O)c2)c1. The normalized spacial score (nSPS) is 12.7. The first-order valence-electron chi connectivity index (χ1n) is 8.92. The molecule has 0 fully saturated rings. The molecule has 0 saturated carbocycles. The van der Waals surface area contributed by atoms with E-state index >= 15 is 0 Å². The van der Waals surface area contributed by atoms with Crippen LogP contribution in [0.2, 0.25) is 0 Å². The third kappa shape index (κ3) is 10.8. The van der Waals surface area contributed by atoms with Crippen LogP contribution in [0.5, 0.6) is 17.2 Å². The van der Waals surface area contributed by atoms with Crippen molar-refractivity contribution in [2.75, 3.05) is 18.8 Å². The number of carbonyl (C=O) groups excluding carboxylic acids is 1. The molecule has 0 aromatic heterocycles. The standard InChI is InChI=1S/C20H20O10S3/c1-31(22,23)28-18-6-4-5-15(11-18)7-9-17(21)10-8-16-12-19(29-32(2,24)25)14-20(13-16)30-33(3,26)27/h4-14H,1-3H3/b9-7+,10-8+. The second-order valence-corrected chi connectivity index (χ2v) is 11.5. The van der Waals surface area contributed by atoms with Crippen molar-refractivity contribution < 1.29 is 42.6 Å². The minimum atomic E-state index is -3.90. The Balaban J connectivity index is 2.23. The van der Waals surface area contributed by atoms with E-state index in [1.807, 2.05) is 0 Å². The van der Waals surface area contributed by atoms with Gasteiger partial charge in [-0.2, -0.15) is 25.3 Å². The average Bonchev–Trinajstić information content (AvgIpc) is 2.60. The van der Waals surface area contributed by atoms with Crippen LogP contribution in [0.1, 0.15) is 11.1 Å². The molecule has 0 heterocycles. The molecule has 0 unspecified atom stereocenters. The summed E-state index contributed by atoms with van der Waals surface area (Å²) >= 11 is 0. The summed E-state index contributed by atoms with van der Waals surface area (Å²) in [6, 6.07) is 9.68. The summed E-state index contributed by atoms with van der Waals surface area (Å²) < 4.78 is 82.3. The van der Waals surface area contributed by atoms with Crippen LogP contribution >= 0.6 is 0 Å². The van der Waals surface area contributed by atoms with Gasteiger partial charge in [0, 0.05) is 6.07 Å². The number of carbonyl (C=O) groups is 1. The molecule has 0 N–H and O–H groups in total. The van der Waals surface area contributed by atoms with Gasteiger partial charge < -0.3 is 12.5 Å². The highest BCUT2D eigenvalue weighted by molar-refractivity contribution is 7.86. The molecule has 0 aliphatic carbocycles. The van der Waals surface area contributed by atoms with Gasteiger partial charge in [-0.15, -0.1) is 0 Å². The number of hydrogen-bond acceptors (Lipinski definition) is 10. The Morgan fingerprint density at radius 3 is 1.55 bits per heavy atom. The fourth-order valence-corrected chi connectivity index (χ4v) is 3.74. The Bertz CT molecular complexity index is 1370. The smallest absolute Gasteiger partial charge is 0.306 e. The minimum absolute atomic E-state index is 0.0868. The van der Waals surface area contributed by atoms with E-state index < -0.39 is 36.1 Å². The first kappa shape index (κ1) is 26.1. The first-order chi connectivity index (χ1) is 15.1. The number of rotatable bonds is 10. The third-order valence-electron chi connectivity index (χ3n) is 3.38. The van der Waals surface area contributed by atoms with Crippen LogP contribution in [0, 0.1) is 0 Å². The van der Waals surface area contributed by atoms with Crippen LogP contribution in [0.25, 0.3) is 12.2 Å². The van der Waals surface area contributed by atoms with Gasteiger partial charge in [-0.25, -0.2) is 0 Å². The second-order valence-electron chi connectivity index (χ2n) is 6.74. The van der Waals surface area contributed by atoms with E-state index in [2.05, 4.69) is 0 Å². The molecular weight excluding hydrogens is 496 g/mol. The van der Waals surface area contributed by atoms with Gasteiger partial charge in [-0.3, -0.25) is 4.79 Å². The highest BCUT2D eigenvalue weighted by Crippen LogP contribution is 2.26. The molecule has 10 nitrogen and oxygen atoms in total. The Morgan fingerprint density at radius 2 is 1.06 bits per heavy atom. The summed E-state index contributed by atoms with van der Waals surface area (Å²) in [4.78, 5) is 12.2. The van der Waals surface area contributed by atoms with Gasteiger partial charge in [0.2, 0.25) is 0 Å². The Labute approximate surface area is 192 Å². The summed E-state index contributed by atoms with van der Waals surface area (Å²) in [5, 5.41) is 0. The van der Waals surface area contributed by atoms with Gasteiger partial charge in [0.25, 0.3) is 0 Å². The summed E-state index contributed by atoms with van der Waals surface area (Å²) in [5.41, 5.74) is 0.741. The van der Waals surface area contributed by atoms with Gasteiger partial charge >= 0.3 is 30.4 Å². The molecule has 0 spiro atoms. The average molecular weight is 517 g/mol. The maximum absolute atomic E-state index is 12.2. The first-order valence-corrected chi connectivity index (χ1v) is 14.4. The van der Waals surface area contributed by atoms with E-state index in [-0.39, 0.29) is 22.8 Å². The fraction of sp³-hybridized carbons (Fsp3) is 0.150. The number of allylic oxidation sites excluding steroid dienone is 2. The van der Waals surface area contributed by atoms with Gasteiger partial charge in [0.1, 0.15) is 17.2 Å². The molecule has 2 aromatic carbocycles. The van der Waals surface area contributed by atoms with Gasteiger partial charge in [0.15, 0.2) is 5.78 Å². The van der Waals surface area contributed by atoms with Crippen LogP contribution < -0.4 is 12.5 Å². The quantitative estimate of drug-likeness (QED) is 0.339. The lowest BCUT2D eigenvalue weighted by Crippen LogP contribution is -2.08. The molecule has 0 atom stereocenters. The van der Waals surface area contributed by atoms with Crippen molar-refractivity contribution in [3.05, 3.63) is 65.7 Å². The van der Waals surface area contributed by atoms with Gasteiger partial charge in [-0.05, 0) is 47.5 Å². The zero-order valence-electron chi connectivity index (χ0n) is 17.7. The highest BCUT2D eigenvalue weighted by Gasteiger charge is 2.11. The number of ketones is 1. The van der Waals surface area contributed by atoms with E-state index in [4.69, 9.17) is 12.5 Å². The summed E-state index contributed by atoms with van der Waals surface area (Å²) in [6.45, 7) is 0. The van der Waals surface area contributed by atoms with Crippen molar-refractivity contribution in [2.24, 2.45) is 0 Å². The maximum atomic E-state index is 12.2. The molecule has 0 saturated heterocycles. The van der Waals surface area contributed by atoms with Crippen molar-refractivity contribution in [3.8, 4) is 17.2 Å². The zero-order valence-corrected chi connectivity index (χ0v) is 20.1. The Morgan fingerprint density at radius 1 is 0.636 bits per heavy atom. The van der Waals surface area contributed by atoms with Crippen molar-refractivity contribution >= 4 is 48.3 Å². The molecule has 0 amide bonds. The maximum Gasteiger partial charge on any atom is 0.306 e. The van der Waals surface area contributed by atoms with Crippen molar-refractivity contribution in [1.29, 1.82) is 0 Å². The van der Waals surface area contributed by atoms with Crippen LogP contribution in [0.4, 0.5) is 0 Å². The molecule has 178 valence electrons. The summed E-state index contributed by atoms with van der Waals surface area (Å²) in [5.74, 6) is -0.791. The molecule has 0 aliphatic heterocycles. The van der Waals surface area contributed by atoms with E-state index in [9.17, 15) is 30.0 Å². The minimum Gasteiger partial charge on any atom is -0.383 e. The summed E-state index contributed by atoms with van der Waals surface area (Å²) in [7, 11) is -11.5. The Kier molecular flexibility index (Phi) is 8.06. The second kappa shape index (κ2) is 10.2. The molecule has 0 aliphatic rings. The monoisotopic (exact) mass is 516 g/mol. The molecule has 2 aromatic rings. The van der Waals surface area contributed by atoms with Crippen molar-refractivity contribution in [2.45, 2.75) is 0 Å². The molecule has 33 heavy (non-hydrogen) atoms. The van der Waals surface area contributed by atoms with Crippen LogP contribution in [0.15, 0.2) is 54.6 Å². The lowest BCUT2D eigenvalue weighted by molar-refractivity contribution is -0.110. The lowest BCUT2D eigenvalue weighted by Gasteiger charge is -2.08.